The van der Waals surface area contributed by atoms with Gasteiger partial charge in [-0.05, 0) is 67.9 Å². The van der Waals surface area contributed by atoms with Crippen LogP contribution in [-0.4, -0.2) is 38.3 Å². The van der Waals surface area contributed by atoms with Crippen molar-refractivity contribution in [3.05, 3.63) is 35.9 Å². The summed E-state index contributed by atoms with van der Waals surface area (Å²) in [5.74, 6) is 2.74. The van der Waals surface area contributed by atoms with Gasteiger partial charge in [-0.3, -0.25) is 0 Å². The highest BCUT2D eigenvalue weighted by molar-refractivity contribution is 5.14. The average molecular weight is 330 g/mol. The minimum absolute atomic E-state index is 0.587. The van der Waals surface area contributed by atoms with Gasteiger partial charge < -0.3 is 9.64 Å². The van der Waals surface area contributed by atoms with E-state index in [2.05, 4.69) is 56.1 Å². The molecule has 2 bridgehead atoms. The summed E-state index contributed by atoms with van der Waals surface area (Å²) in [5.41, 5.74) is 2.02. The van der Waals surface area contributed by atoms with Crippen LogP contribution in [0.15, 0.2) is 30.3 Å². The monoisotopic (exact) mass is 329 g/mol. The number of fused-ring (bicyclic) bond motifs is 2. The number of rotatable bonds is 9. The van der Waals surface area contributed by atoms with E-state index in [1.54, 1.807) is 0 Å². The first-order chi connectivity index (χ1) is 11.6. The van der Waals surface area contributed by atoms with E-state index in [1.165, 1.54) is 24.8 Å². The SMILES string of the molecule is CN(CCCOC[C@H]1CC[C@H]2C[C@@H]1C2(C)C)CCc1ccccc1. The molecule has 0 aliphatic heterocycles. The summed E-state index contributed by atoms with van der Waals surface area (Å²) < 4.78 is 6.05. The van der Waals surface area contributed by atoms with Gasteiger partial charge in [-0.2, -0.15) is 0 Å². The first-order valence-corrected chi connectivity index (χ1v) is 9.87. The molecule has 0 unspecified atom stereocenters. The quantitative estimate of drug-likeness (QED) is 0.612. The Balaban J connectivity index is 1.25. The first kappa shape index (κ1) is 17.9. The molecular formula is C22H35NO. The third kappa shape index (κ3) is 4.21. The fraction of sp³-hybridized carbons (Fsp3) is 0.727. The lowest BCUT2D eigenvalue weighted by Gasteiger charge is -2.60. The lowest BCUT2D eigenvalue weighted by atomic mass is 9.46. The van der Waals surface area contributed by atoms with Crippen LogP contribution in [0.4, 0.5) is 0 Å². The maximum Gasteiger partial charge on any atom is 0.0497 e. The largest absolute Gasteiger partial charge is 0.381 e. The first-order valence-electron chi connectivity index (χ1n) is 9.87. The van der Waals surface area contributed by atoms with Gasteiger partial charge in [0, 0.05) is 26.3 Å². The predicted molar refractivity (Wildman–Crippen MR) is 101 cm³/mol. The van der Waals surface area contributed by atoms with Crippen LogP contribution in [0.25, 0.3) is 0 Å². The molecule has 0 aromatic heterocycles. The van der Waals surface area contributed by atoms with Crippen molar-refractivity contribution < 1.29 is 4.74 Å². The Morgan fingerprint density at radius 3 is 2.62 bits per heavy atom. The molecule has 0 N–H and O–H groups in total. The molecule has 0 amide bonds. The topological polar surface area (TPSA) is 12.5 Å². The Kier molecular flexibility index (Phi) is 5.99. The Hall–Kier alpha value is -0.860. The van der Waals surface area contributed by atoms with E-state index in [9.17, 15) is 0 Å². The molecule has 3 aliphatic carbocycles. The summed E-state index contributed by atoms with van der Waals surface area (Å²) in [7, 11) is 2.22. The highest BCUT2D eigenvalue weighted by atomic mass is 16.5. The van der Waals surface area contributed by atoms with Crippen molar-refractivity contribution in [2.24, 2.45) is 23.2 Å². The zero-order valence-corrected chi connectivity index (χ0v) is 15.8. The van der Waals surface area contributed by atoms with Gasteiger partial charge in [0.05, 0.1) is 0 Å². The van der Waals surface area contributed by atoms with Gasteiger partial charge in [0.15, 0.2) is 0 Å². The molecule has 0 heterocycles. The normalized spacial score (nSPS) is 27.9. The van der Waals surface area contributed by atoms with Crippen LogP contribution >= 0.6 is 0 Å². The van der Waals surface area contributed by atoms with Gasteiger partial charge >= 0.3 is 0 Å². The molecule has 3 fully saturated rings. The van der Waals surface area contributed by atoms with Crippen LogP contribution in [0.3, 0.4) is 0 Å². The molecule has 3 saturated carbocycles. The van der Waals surface area contributed by atoms with Gasteiger partial charge in [0.25, 0.3) is 0 Å². The lowest BCUT2D eigenvalue weighted by molar-refractivity contribution is -0.124. The molecule has 4 rings (SSSR count). The maximum atomic E-state index is 6.05. The summed E-state index contributed by atoms with van der Waals surface area (Å²) in [6, 6.07) is 10.8. The third-order valence-corrected chi connectivity index (χ3v) is 6.79. The zero-order chi connectivity index (χ0) is 17.0. The standard InChI is InChI=1S/C22H35NO/c1-22(2)20-11-10-19(21(22)16-20)17-24-15-7-13-23(3)14-12-18-8-5-4-6-9-18/h4-6,8-9,19-21H,7,10-17H2,1-3H3/t19-,20+,21+/m1/s1. The second kappa shape index (κ2) is 8.01. The Morgan fingerprint density at radius 1 is 1.12 bits per heavy atom. The second-order valence-corrected chi connectivity index (χ2v) is 8.67. The molecular weight excluding hydrogens is 294 g/mol. The van der Waals surface area contributed by atoms with E-state index in [0.29, 0.717) is 5.41 Å². The lowest BCUT2D eigenvalue weighted by Crippen LogP contribution is -2.53. The smallest absolute Gasteiger partial charge is 0.0497 e. The van der Waals surface area contributed by atoms with Gasteiger partial charge in [0.2, 0.25) is 0 Å². The molecule has 24 heavy (non-hydrogen) atoms. The molecule has 2 heteroatoms. The van der Waals surface area contributed by atoms with Crippen LogP contribution in [0.5, 0.6) is 0 Å². The number of hydrogen-bond donors (Lipinski definition) is 0. The van der Waals surface area contributed by atoms with E-state index in [-0.39, 0.29) is 0 Å². The Morgan fingerprint density at radius 2 is 1.92 bits per heavy atom. The summed E-state index contributed by atoms with van der Waals surface area (Å²) in [4.78, 5) is 2.43. The zero-order valence-electron chi connectivity index (χ0n) is 15.8. The summed E-state index contributed by atoms with van der Waals surface area (Å²) in [6.45, 7) is 9.12. The number of ether oxygens (including phenoxy) is 1. The van der Waals surface area contributed by atoms with E-state index >= 15 is 0 Å². The minimum Gasteiger partial charge on any atom is -0.381 e. The molecule has 134 valence electrons. The molecule has 0 saturated heterocycles. The van der Waals surface area contributed by atoms with Gasteiger partial charge in [-0.15, -0.1) is 0 Å². The Labute approximate surface area is 148 Å². The van der Waals surface area contributed by atoms with Crippen LogP contribution in [-0.2, 0) is 11.2 Å². The van der Waals surface area contributed by atoms with Crippen molar-refractivity contribution >= 4 is 0 Å². The Bertz CT molecular complexity index is 496. The number of likely N-dealkylation sites (N-methyl/N-ethyl adjacent to an activating group) is 1. The van der Waals surface area contributed by atoms with E-state index in [4.69, 9.17) is 4.74 Å². The van der Waals surface area contributed by atoms with Crippen molar-refractivity contribution in [3.8, 4) is 0 Å². The van der Waals surface area contributed by atoms with Gasteiger partial charge in [-0.1, -0.05) is 44.2 Å². The van der Waals surface area contributed by atoms with Crippen molar-refractivity contribution in [1.82, 2.24) is 4.90 Å². The fourth-order valence-corrected chi connectivity index (χ4v) is 4.91. The van der Waals surface area contributed by atoms with Crippen LogP contribution in [0.2, 0.25) is 0 Å². The van der Waals surface area contributed by atoms with Crippen LogP contribution in [0, 0.1) is 23.2 Å². The van der Waals surface area contributed by atoms with Crippen molar-refractivity contribution in [2.75, 3.05) is 33.4 Å². The van der Waals surface area contributed by atoms with Gasteiger partial charge in [0.1, 0.15) is 0 Å². The van der Waals surface area contributed by atoms with E-state index in [0.717, 1.165) is 56.9 Å². The van der Waals surface area contributed by atoms with E-state index < -0.39 is 0 Å². The summed E-state index contributed by atoms with van der Waals surface area (Å²) in [6.07, 6.45) is 6.58. The highest BCUT2D eigenvalue weighted by Gasteiger charge is 2.53. The van der Waals surface area contributed by atoms with Gasteiger partial charge in [-0.25, -0.2) is 0 Å². The average Bonchev–Trinajstić information content (AvgIpc) is 2.60. The second-order valence-electron chi connectivity index (χ2n) is 8.67. The van der Waals surface area contributed by atoms with Crippen LogP contribution < -0.4 is 0 Å². The molecule has 0 spiro atoms. The molecule has 1 aromatic rings. The van der Waals surface area contributed by atoms with Crippen molar-refractivity contribution in [3.63, 3.8) is 0 Å². The predicted octanol–water partition coefficient (Wildman–Crippen LogP) is 4.64. The minimum atomic E-state index is 0.587. The van der Waals surface area contributed by atoms with E-state index in [1.807, 2.05) is 0 Å². The third-order valence-electron chi connectivity index (χ3n) is 6.79. The molecule has 2 nitrogen and oxygen atoms in total. The number of nitrogens with zero attached hydrogens (tertiary/aromatic N) is 1. The fourth-order valence-electron chi connectivity index (χ4n) is 4.91. The highest BCUT2D eigenvalue weighted by Crippen LogP contribution is 2.61. The van der Waals surface area contributed by atoms with Crippen LogP contribution in [0.1, 0.15) is 45.1 Å². The van der Waals surface area contributed by atoms with Crippen molar-refractivity contribution in [2.45, 2.75) is 46.0 Å². The van der Waals surface area contributed by atoms with Crippen molar-refractivity contribution in [1.29, 1.82) is 0 Å². The summed E-state index contributed by atoms with van der Waals surface area (Å²) in [5, 5.41) is 0. The molecule has 3 atom stereocenters. The molecule has 1 aromatic carbocycles. The maximum absolute atomic E-state index is 6.05. The number of benzene rings is 1. The molecule has 3 aliphatic rings. The summed E-state index contributed by atoms with van der Waals surface area (Å²) >= 11 is 0. The molecule has 0 radical (unpaired) electrons. The number of hydrogen-bond acceptors (Lipinski definition) is 2.